The van der Waals surface area contributed by atoms with Crippen molar-refractivity contribution in [2.45, 2.75) is 18.0 Å². The minimum Gasteiger partial charge on any atom is -0.342 e. The van der Waals surface area contributed by atoms with Crippen LogP contribution in [0.25, 0.3) is 22.1 Å². The van der Waals surface area contributed by atoms with Gasteiger partial charge in [-0.15, -0.1) is 10.2 Å². The van der Waals surface area contributed by atoms with Crippen molar-refractivity contribution in [3.63, 3.8) is 0 Å². The molecule has 0 N–H and O–H groups in total. The second-order valence-electron chi connectivity index (χ2n) is 5.86. The van der Waals surface area contributed by atoms with Gasteiger partial charge in [0.25, 0.3) is 0 Å². The van der Waals surface area contributed by atoms with Gasteiger partial charge in [0.2, 0.25) is 11.1 Å². The van der Waals surface area contributed by atoms with Gasteiger partial charge in [-0.2, -0.15) is 0 Å². The molecule has 1 aliphatic heterocycles. The van der Waals surface area contributed by atoms with Gasteiger partial charge in [-0.3, -0.25) is 4.79 Å². The van der Waals surface area contributed by atoms with Gasteiger partial charge in [0.05, 0.1) is 11.3 Å². The zero-order valence-corrected chi connectivity index (χ0v) is 15.6. The highest BCUT2D eigenvalue weighted by atomic mass is 79.9. The molecule has 0 aliphatic carbocycles. The monoisotopic (exact) mass is 405 g/mol. The lowest BCUT2D eigenvalue weighted by atomic mass is 10.2. The SMILES string of the molecule is Cn1c2ccc(Br)cc2c2nnc(SCC(=O)N3CCCC3)nc21. The third-order valence-corrected chi connectivity index (χ3v) is 5.64. The number of amides is 1. The van der Waals surface area contributed by atoms with E-state index < -0.39 is 0 Å². The second kappa shape index (κ2) is 6.33. The summed E-state index contributed by atoms with van der Waals surface area (Å²) < 4.78 is 3.01. The minimum absolute atomic E-state index is 0.155. The first-order valence-corrected chi connectivity index (χ1v) is 9.60. The van der Waals surface area contributed by atoms with Crippen LogP contribution in [0.4, 0.5) is 0 Å². The normalized spacial score (nSPS) is 14.8. The number of hydrogen-bond donors (Lipinski definition) is 0. The van der Waals surface area contributed by atoms with Crippen molar-refractivity contribution in [3.8, 4) is 0 Å². The predicted octanol–water partition coefficient (Wildman–Crippen LogP) is 2.99. The number of rotatable bonds is 3. The van der Waals surface area contributed by atoms with E-state index in [0.29, 0.717) is 10.9 Å². The van der Waals surface area contributed by atoms with E-state index in [2.05, 4.69) is 31.1 Å². The average molecular weight is 406 g/mol. The largest absolute Gasteiger partial charge is 0.342 e. The summed E-state index contributed by atoms with van der Waals surface area (Å²) in [4.78, 5) is 18.7. The summed E-state index contributed by atoms with van der Waals surface area (Å²) in [5.41, 5.74) is 2.63. The van der Waals surface area contributed by atoms with Crippen LogP contribution in [0.1, 0.15) is 12.8 Å². The van der Waals surface area contributed by atoms with Crippen molar-refractivity contribution in [3.05, 3.63) is 22.7 Å². The highest BCUT2D eigenvalue weighted by Crippen LogP contribution is 2.28. The van der Waals surface area contributed by atoms with Gasteiger partial charge >= 0.3 is 0 Å². The first-order valence-electron chi connectivity index (χ1n) is 7.82. The molecule has 3 aromatic rings. The van der Waals surface area contributed by atoms with Crippen LogP contribution in [-0.2, 0) is 11.8 Å². The van der Waals surface area contributed by atoms with Crippen LogP contribution in [0.2, 0.25) is 0 Å². The smallest absolute Gasteiger partial charge is 0.233 e. The third-order valence-electron chi connectivity index (χ3n) is 4.33. The summed E-state index contributed by atoms with van der Waals surface area (Å²) in [6, 6.07) is 6.06. The maximum Gasteiger partial charge on any atom is 0.233 e. The van der Waals surface area contributed by atoms with E-state index in [9.17, 15) is 4.79 Å². The first-order chi connectivity index (χ1) is 11.6. The Morgan fingerprint density at radius 1 is 1.29 bits per heavy atom. The molecule has 8 heteroatoms. The first kappa shape index (κ1) is 15.8. The number of hydrogen-bond acceptors (Lipinski definition) is 5. The Morgan fingerprint density at radius 3 is 2.88 bits per heavy atom. The van der Waals surface area contributed by atoms with Gasteiger partial charge in [0.15, 0.2) is 5.65 Å². The fourth-order valence-electron chi connectivity index (χ4n) is 3.06. The highest BCUT2D eigenvalue weighted by Gasteiger charge is 2.19. The molecular formula is C16H16BrN5OS. The van der Waals surface area contributed by atoms with Gasteiger partial charge in [-0.1, -0.05) is 27.7 Å². The molecule has 0 atom stereocenters. The summed E-state index contributed by atoms with van der Waals surface area (Å²) in [6.45, 7) is 1.74. The van der Waals surface area contributed by atoms with Crippen molar-refractivity contribution in [2.75, 3.05) is 18.8 Å². The van der Waals surface area contributed by atoms with Crippen molar-refractivity contribution in [1.29, 1.82) is 0 Å². The number of nitrogens with zero attached hydrogens (tertiary/aromatic N) is 5. The molecule has 0 unspecified atom stereocenters. The summed E-state index contributed by atoms with van der Waals surface area (Å²) in [5.74, 6) is 0.519. The van der Waals surface area contributed by atoms with E-state index in [1.54, 1.807) is 0 Å². The van der Waals surface area contributed by atoms with E-state index in [0.717, 1.165) is 52.5 Å². The summed E-state index contributed by atoms with van der Waals surface area (Å²) >= 11 is 4.84. The lowest BCUT2D eigenvalue weighted by Crippen LogP contribution is -2.29. The van der Waals surface area contributed by atoms with Gasteiger partial charge in [0.1, 0.15) is 5.52 Å². The zero-order valence-electron chi connectivity index (χ0n) is 13.2. The van der Waals surface area contributed by atoms with Gasteiger partial charge in [-0.05, 0) is 31.0 Å². The van der Waals surface area contributed by atoms with Crippen LogP contribution >= 0.6 is 27.7 Å². The number of halogens is 1. The second-order valence-corrected chi connectivity index (χ2v) is 7.72. The molecule has 0 saturated carbocycles. The van der Waals surface area contributed by atoms with E-state index in [4.69, 9.17) is 0 Å². The number of carbonyl (C=O) groups is 1. The van der Waals surface area contributed by atoms with E-state index in [1.165, 1.54) is 11.8 Å². The molecule has 0 bridgehead atoms. The molecule has 2 aromatic heterocycles. The fraction of sp³-hybridized carbons (Fsp3) is 0.375. The van der Waals surface area contributed by atoms with Crippen LogP contribution in [0.15, 0.2) is 27.8 Å². The van der Waals surface area contributed by atoms with Crippen LogP contribution in [-0.4, -0.2) is 49.4 Å². The molecular weight excluding hydrogens is 390 g/mol. The number of aromatic nitrogens is 4. The standard InChI is InChI=1S/C16H16BrN5OS/c1-21-12-5-4-10(17)8-11(12)14-15(21)18-16(20-19-14)24-9-13(23)22-6-2-3-7-22/h4-5,8H,2-3,6-7,9H2,1H3. The van der Waals surface area contributed by atoms with Crippen molar-refractivity contribution < 1.29 is 4.79 Å². The molecule has 1 saturated heterocycles. The quantitative estimate of drug-likeness (QED) is 0.626. The van der Waals surface area contributed by atoms with Gasteiger partial charge in [-0.25, -0.2) is 4.98 Å². The van der Waals surface area contributed by atoms with Crippen molar-refractivity contribution in [2.24, 2.45) is 7.05 Å². The number of likely N-dealkylation sites (tertiary alicyclic amines) is 1. The van der Waals surface area contributed by atoms with Crippen LogP contribution in [0, 0.1) is 0 Å². The molecule has 24 heavy (non-hydrogen) atoms. The van der Waals surface area contributed by atoms with Crippen LogP contribution < -0.4 is 0 Å². The Kier molecular flexibility index (Phi) is 4.17. The van der Waals surface area contributed by atoms with Crippen LogP contribution in [0.3, 0.4) is 0 Å². The summed E-state index contributed by atoms with van der Waals surface area (Å²) in [7, 11) is 1.97. The third kappa shape index (κ3) is 2.77. The van der Waals surface area contributed by atoms with Gasteiger partial charge in [0, 0.05) is 30.0 Å². The maximum atomic E-state index is 12.1. The van der Waals surface area contributed by atoms with E-state index in [-0.39, 0.29) is 5.91 Å². The Bertz CT molecular complexity index is 935. The lowest BCUT2D eigenvalue weighted by molar-refractivity contribution is -0.127. The number of thioether (sulfide) groups is 1. The Morgan fingerprint density at radius 2 is 2.08 bits per heavy atom. The number of carbonyl (C=O) groups excluding carboxylic acids is 1. The lowest BCUT2D eigenvalue weighted by Gasteiger charge is -2.13. The summed E-state index contributed by atoms with van der Waals surface area (Å²) in [5, 5.41) is 10.1. The Balaban J connectivity index is 1.62. The molecule has 1 aromatic carbocycles. The van der Waals surface area contributed by atoms with Crippen molar-refractivity contribution in [1.82, 2.24) is 24.6 Å². The predicted molar refractivity (Wildman–Crippen MR) is 98.0 cm³/mol. The molecule has 124 valence electrons. The average Bonchev–Trinajstić information content (AvgIpc) is 3.21. The minimum atomic E-state index is 0.155. The Hall–Kier alpha value is -1.67. The number of aryl methyl sites for hydroxylation is 1. The molecule has 3 heterocycles. The van der Waals surface area contributed by atoms with Crippen LogP contribution in [0.5, 0.6) is 0 Å². The molecule has 4 rings (SSSR count). The molecule has 1 fully saturated rings. The Labute approximate surface area is 151 Å². The zero-order chi connectivity index (χ0) is 16.7. The fourth-order valence-corrected chi connectivity index (χ4v) is 4.11. The van der Waals surface area contributed by atoms with E-state index >= 15 is 0 Å². The number of benzene rings is 1. The molecule has 6 nitrogen and oxygen atoms in total. The van der Waals surface area contributed by atoms with Gasteiger partial charge < -0.3 is 9.47 Å². The molecule has 1 amide bonds. The molecule has 0 spiro atoms. The summed E-state index contributed by atoms with van der Waals surface area (Å²) in [6.07, 6.45) is 2.21. The highest BCUT2D eigenvalue weighted by molar-refractivity contribution is 9.10. The number of fused-ring (bicyclic) bond motifs is 3. The molecule has 1 aliphatic rings. The van der Waals surface area contributed by atoms with E-state index in [1.807, 2.05) is 34.7 Å². The van der Waals surface area contributed by atoms with Crippen molar-refractivity contribution >= 4 is 55.7 Å². The maximum absolute atomic E-state index is 12.1. The molecule has 0 radical (unpaired) electrons. The topological polar surface area (TPSA) is 63.9 Å².